The fourth-order valence-electron chi connectivity index (χ4n) is 1.38. The number of hydrogen-bond donors (Lipinski definition) is 3. The molecule has 5 N–H and O–H groups in total. The van der Waals surface area contributed by atoms with Crippen LogP contribution >= 0.6 is 23.1 Å². The number of aromatic nitrogens is 1. The normalized spacial score (nSPS) is 10.1. The molecule has 0 spiro atoms. The first kappa shape index (κ1) is 13.6. The van der Waals surface area contributed by atoms with Crippen LogP contribution in [0.25, 0.3) is 11.3 Å². The molecule has 0 aliphatic rings. The van der Waals surface area contributed by atoms with Crippen LogP contribution in [0.3, 0.4) is 0 Å². The second-order valence-electron chi connectivity index (χ2n) is 3.64. The van der Waals surface area contributed by atoms with Gasteiger partial charge < -0.3 is 5.32 Å². The van der Waals surface area contributed by atoms with Gasteiger partial charge in [-0.05, 0) is 11.8 Å². The van der Waals surface area contributed by atoms with Gasteiger partial charge in [-0.25, -0.2) is 4.98 Å². The number of rotatable bonds is 4. The lowest BCUT2D eigenvalue weighted by Gasteiger charge is -1.98. The highest BCUT2D eigenvalue weighted by Gasteiger charge is 2.09. The Bertz CT molecular complexity index is 582. The molecule has 0 aliphatic carbocycles. The lowest BCUT2D eigenvalue weighted by Crippen LogP contribution is -2.43. The predicted octanol–water partition coefficient (Wildman–Crippen LogP) is 0.556. The first-order chi connectivity index (χ1) is 9.15. The van der Waals surface area contributed by atoms with Crippen molar-refractivity contribution in [2.45, 2.75) is 0 Å². The molecule has 19 heavy (non-hydrogen) atoms. The van der Waals surface area contributed by atoms with Crippen LogP contribution in [0, 0.1) is 0 Å². The third-order valence-electron chi connectivity index (χ3n) is 2.19. The maximum absolute atomic E-state index is 11.6. The summed E-state index contributed by atoms with van der Waals surface area (Å²) in [6, 6.07) is 9.79. The van der Waals surface area contributed by atoms with Crippen LogP contribution in [0.2, 0.25) is 0 Å². The van der Waals surface area contributed by atoms with Gasteiger partial charge in [0.05, 0.1) is 11.4 Å². The van der Waals surface area contributed by atoms with Crippen LogP contribution in [0.15, 0.2) is 35.7 Å². The Morgan fingerprint density at radius 2 is 2.16 bits per heavy atom. The average molecular weight is 293 g/mol. The zero-order chi connectivity index (χ0) is 13.7. The fourth-order valence-corrected chi connectivity index (χ4v) is 2.48. The summed E-state index contributed by atoms with van der Waals surface area (Å²) < 4.78 is 0. The van der Waals surface area contributed by atoms with Gasteiger partial charge in [-0.1, -0.05) is 30.3 Å². The summed E-state index contributed by atoms with van der Waals surface area (Å²) in [5.74, 6) is 0.00938. The van der Waals surface area contributed by atoms with E-state index in [9.17, 15) is 4.79 Å². The quantitative estimate of drug-likeness (QED) is 0.567. The van der Waals surface area contributed by atoms with E-state index in [-0.39, 0.29) is 16.8 Å². The number of nitrogens with zero attached hydrogens (tertiary/aromatic N) is 1. The Morgan fingerprint density at radius 3 is 2.84 bits per heavy atom. The van der Waals surface area contributed by atoms with E-state index in [4.69, 9.17) is 11.1 Å². The zero-order valence-corrected chi connectivity index (χ0v) is 11.6. The van der Waals surface area contributed by atoms with Crippen molar-refractivity contribution in [2.24, 2.45) is 5.73 Å². The highest BCUT2D eigenvalue weighted by Crippen LogP contribution is 2.24. The molecule has 1 aromatic carbocycles. The Kier molecular flexibility index (Phi) is 4.53. The molecule has 1 amide bonds. The summed E-state index contributed by atoms with van der Waals surface area (Å²) in [6.07, 6.45) is 0. The minimum atomic E-state index is -0.174. The molecule has 0 unspecified atom stereocenters. The summed E-state index contributed by atoms with van der Waals surface area (Å²) in [7, 11) is 0. The van der Waals surface area contributed by atoms with Gasteiger partial charge in [0.25, 0.3) is 5.17 Å². The average Bonchev–Trinajstić information content (AvgIpc) is 2.86. The number of amides is 1. The van der Waals surface area contributed by atoms with Crippen LogP contribution in [0.5, 0.6) is 0 Å². The van der Waals surface area contributed by atoms with Crippen LogP contribution < -0.4 is 16.5 Å². The molecule has 0 bridgehead atoms. The van der Waals surface area contributed by atoms with Crippen LogP contribution in [-0.2, 0) is 4.79 Å². The number of thiazole rings is 1. The van der Waals surface area contributed by atoms with Crippen molar-refractivity contribution >= 4 is 39.3 Å². The minimum absolute atomic E-state index is 0.174. The van der Waals surface area contributed by atoms with Crippen molar-refractivity contribution in [1.29, 1.82) is 0 Å². The van der Waals surface area contributed by atoms with Gasteiger partial charge in [0.2, 0.25) is 5.91 Å². The maximum atomic E-state index is 11.6. The summed E-state index contributed by atoms with van der Waals surface area (Å²) in [4.78, 5) is 15.9. The van der Waals surface area contributed by atoms with E-state index in [0.29, 0.717) is 5.13 Å². The summed E-state index contributed by atoms with van der Waals surface area (Å²) in [6.45, 7) is 0. The highest BCUT2D eigenvalue weighted by atomic mass is 32.2. The minimum Gasteiger partial charge on any atom is -0.301 e. The molecule has 5 nitrogen and oxygen atoms in total. The third-order valence-corrected chi connectivity index (χ3v) is 3.69. The Balaban J connectivity index is 1.98. The molecule has 1 aromatic heterocycles. The molecule has 0 fully saturated rings. The monoisotopic (exact) mass is 293 g/mol. The number of amidine groups is 1. The Labute approximate surface area is 118 Å². The summed E-state index contributed by atoms with van der Waals surface area (Å²) >= 11 is 2.48. The molecule has 0 radical (unpaired) electrons. The van der Waals surface area contributed by atoms with E-state index in [1.165, 1.54) is 11.3 Å². The molecular formula is C12H13N4OS2+. The number of nitrogens with one attached hydrogen (secondary N) is 1. The Hall–Kier alpha value is -1.86. The number of anilines is 1. The van der Waals surface area contributed by atoms with Gasteiger partial charge in [-0.2, -0.15) is 0 Å². The van der Waals surface area contributed by atoms with E-state index in [0.717, 1.165) is 23.0 Å². The lowest BCUT2D eigenvalue weighted by atomic mass is 10.2. The van der Waals surface area contributed by atoms with Gasteiger partial charge in [-0.3, -0.25) is 15.9 Å². The number of hydrogen-bond acceptors (Lipinski definition) is 4. The number of carbonyl (C=O) groups is 1. The second-order valence-corrected chi connectivity index (χ2v) is 5.55. The smallest absolute Gasteiger partial charge is 0.300 e. The van der Waals surface area contributed by atoms with Gasteiger partial charge in [0, 0.05) is 10.9 Å². The van der Waals surface area contributed by atoms with E-state index < -0.39 is 0 Å². The molecule has 7 heteroatoms. The summed E-state index contributed by atoms with van der Waals surface area (Å²) in [5, 5.41) is 10.6. The first-order valence-corrected chi connectivity index (χ1v) is 7.33. The topological polar surface area (TPSA) is 93.6 Å². The van der Waals surface area contributed by atoms with Crippen molar-refractivity contribution in [3.05, 3.63) is 35.7 Å². The van der Waals surface area contributed by atoms with Crippen molar-refractivity contribution in [3.8, 4) is 11.3 Å². The number of carbonyl (C=O) groups excluding carboxylic acids is 1. The van der Waals surface area contributed by atoms with Gasteiger partial charge >= 0.3 is 0 Å². The van der Waals surface area contributed by atoms with Crippen molar-refractivity contribution in [1.82, 2.24) is 4.98 Å². The largest absolute Gasteiger partial charge is 0.301 e. The fraction of sp³-hybridized carbons (Fsp3) is 0.0833. The maximum Gasteiger partial charge on any atom is 0.300 e. The molecular weight excluding hydrogens is 280 g/mol. The van der Waals surface area contributed by atoms with Crippen molar-refractivity contribution in [2.75, 3.05) is 11.1 Å². The van der Waals surface area contributed by atoms with E-state index in [1.807, 2.05) is 35.7 Å². The van der Waals surface area contributed by atoms with Crippen LogP contribution in [0.1, 0.15) is 0 Å². The number of nitrogens with two attached hydrogens (primary N) is 2. The molecule has 2 rings (SSSR count). The molecule has 0 saturated heterocycles. The number of thioether (sulfide) groups is 1. The first-order valence-electron chi connectivity index (χ1n) is 5.46. The van der Waals surface area contributed by atoms with Crippen LogP contribution in [-0.4, -0.2) is 21.8 Å². The van der Waals surface area contributed by atoms with Crippen molar-refractivity contribution < 1.29 is 10.2 Å². The second kappa shape index (κ2) is 6.35. The Morgan fingerprint density at radius 1 is 1.42 bits per heavy atom. The molecule has 0 aliphatic heterocycles. The van der Waals surface area contributed by atoms with Gasteiger partial charge in [0.1, 0.15) is 0 Å². The van der Waals surface area contributed by atoms with Crippen LogP contribution in [0.4, 0.5) is 5.13 Å². The van der Waals surface area contributed by atoms with Gasteiger partial charge in [-0.15, -0.1) is 11.3 Å². The van der Waals surface area contributed by atoms with E-state index in [2.05, 4.69) is 10.3 Å². The summed E-state index contributed by atoms with van der Waals surface area (Å²) in [5.41, 5.74) is 7.15. The zero-order valence-electron chi connectivity index (χ0n) is 10.00. The molecule has 1 heterocycles. The number of benzene rings is 1. The molecule has 2 aromatic rings. The van der Waals surface area contributed by atoms with Gasteiger partial charge in [0.15, 0.2) is 5.13 Å². The molecule has 0 atom stereocenters. The standard InChI is InChI=1S/C12H12N4OS2/c13-11(14)18-7-10(17)16-12-15-9(6-19-12)8-4-2-1-3-5-8/h1-6H,7H2,(H3,13,14)(H,15,16,17)/p+1. The van der Waals surface area contributed by atoms with E-state index in [1.54, 1.807) is 0 Å². The van der Waals surface area contributed by atoms with E-state index >= 15 is 0 Å². The SMILES string of the molecule is NC(=[NH2+])SCC(=O)Nc1nc(-c2ccccc2)cs1. The van der Waals surface area contributed by atoms with Crippen molar-refractivity contribution in [3.63, 3.8) is 0 Å². The lowest BCUT2D eigenvalue weighted by molar-refractivity contribution is -0.114. The predicted molar refractivity (Wildman–Crippen MR) is 79.8 cm³/mol. The molecule has 98 valence electrons. The third kappa shape index (κ3) is 4.08. The molecule has 0 saturated carbocycles. The highest BCUT2D eigenvalue weighted by molar-refractivity contribution is 8.14.